The van der Waals surface area contributed by atoms with E-state index in [0.717, 1.165) is 6.92 Å². The SMILES string of the molecule is C/C=C/C1=CC2=CC(=O)[C@](C)(O)[C@H](OC(=O)c3c(C)cc(OC(C)=O)cc3OC(C)=O)[C@H]2CO1. The zero-order valence-corrected chi connectivity index (χ0v) is 19.5. The summed E-state index contributed by atoms with van der Waals surface area (Å²) < 4.78 is 21.6. The molecule has 9 heteroatoms. The topological polar surface area (TPSA) is 125 Å². The summed E-state index contributed by atoms with van der Waals surface area (Å²) in [5, 5.41) is 10.9. The van der Waals surface area contributed by atoms with Crippen molar-refractivity contribution in [2.75, 3.05) is 6.61 Å². The Morgan fingerprint density at radius 2 is 1.82 bits per heavy atom. The summed E-state index contributed by atoms with van der Waals surface area (Å²) in [6, 6.07) is 2.63. The van der Waals surface area contributed by atoms with Gasteiger partial charge in [-0.2, -0.15) is 0 Å². The Hall–Kier alpha value is -3.72. The fraction of sp³-hybridized carbons (Fsp3) is 0.360. The first-order valence-corrected chi connectivity index (χ1v) is 10.6. The lowest BCUT2D eigenvalue weighted by molar-refractivity contribution is -0.151. The quantitative estimate of drug-likeness (QED) is 0.511. The molecule has 1 heterocycles. The van der Waals surface area contributed by atoms with Gasteiger partial charge in [0.1, 0.15) is 28.9 Å². The van der Waals surface area contributed by atoms with E-state index in [4.69, 9.17) is 18.9 Å². The summed E-state index contributed by atoms with van der Waals surface area (Å²) in [7, 11) is 0. The number of aliphatic hydroxyl groups is 1. The first-order valence-electron chi connectivity index (χ1n) is 10.6. The number of benzene rings is 1. The third-order valence-corrected chi connectivity index (χ3v) is 5.44. The fourth-order valence-corrected chi connectivity index (χ4v) is 3.91. The van der Waals surface area contributed by atoms with Gasteiger partial charge < -0.3 is 24.1 Å². The molecule has 0 saturated heterocycles. The molecule has 1 aliphatic heterocycles. The summed E-state index contributed by atoms with van der Waals surface area (Å²) in [5.74, 6) is -3.01. The second-order valence-electron chi connectivity index (χ2n) is 8.25. The van der Waals surface area contributed by atoms with Gasteiger partial charge in [-0.1, -0.05) is 6.08 Å². The second kappa shape index (κ2) is 9.64. The molecule has 2 aliphatic rings. The Kier molecular flexibility index (Phi) is 7.07. The van der Waals surface area contributed by atoms with Crippen LogP contribution in [-0.4, -0.2) is 47.1 Å². The third kappa shape index (κ3) is 5.09. The average molecular weight is 470 g/mol. The first kappa shape index (κ1) is 24.9. The number of rotatable bonds is 5. The summed E-state index contributed by atoms with van der Waals surface area (Å²) >= 11 is 0. The van der Waals surface area contributed by atoms with Gasteiger partial charge in [-0.05, 0) is 56.2 Å². The maximum absolute atomic E-state index is 13.3. The molecule has 0 saturated carbocycles. The number of ketones is 1. The number of allylic oxidation sites excluding steroid dienone is 3. The maximum atomic E-state index is 13.3. The van der Waals surface area contributed by atoms with Crippen molar-refractivity contribution in [1.82, 2.24) is 0 Å². The van der Waals surface area contributed by atoms with Crippen molar-refractivity contribution >= 4 is 23.7 Å². The van der Waals surface area contributed by atoms with E-state index >= 15 is 0 Å². The van der Waals surface area contributed by atoms with Crippen LogP contribution >= 0.6 is 0 Å². The third-order valence-electron chi connectivity index (χ3n) is 5.44. The highest BCUT2D eigenvalue weighted by atomic mass is 16.6. The van der Waals surface area contributed by atoms with Crippen molar-refractivity contribution in [3.8, 4) is 11.5 Å². The molecule has 0 bridgehead atoms. The lowest BCUT2D eigenvalue weighted by atomic mass is 9.75. The van der Waals surface area contributed by atoms with E-state index in [1.807, 2.05) is 6.92 Å². The number of carbonyl (C=O) groups excluding carboxylic acids is 4. The summed E-state index contributed by atoms with van der Waals surface area (Å²) in [6.07, 6.45) is 5.22. The molecule has 1 aromatic rings. The minimum absolute atomic E-state index is 0.0740. The minimum atomic E-state index is -2.01. The van der Waals surface area contributed by atoms with Crippen molar-refractivity contribution in [3.05, 3.63) is 58.9 Å². The predicted molar refractivity (Wildman–Crippen MR) is 119 cm³/mol. The lowest BCUT2D eigenvalue weighted by Gasteiger charge is -2.41. The molecule has 0 radical (unpaired) electrons. The molecule has 34 heavy (non-hydrogen) atoms. The lowest BCUT2D eigenvalue weighted by Crippen LogP contribution is -2.56. The Labute approximate surface area is 196 Å². The summed E-state index contributed by atoms with van der Waals surface area (Å²) in [4.78, 5) is 48.9. The number of hydrogen-bond acceptors (Lipinski definition) is 9. The highest BCUT2D eigenvalue weighted by Gasteiger charge is 2.51. The minimum Gasteiger partial charge on any atom is -0.493 e. The molecule has 0 fully saturated rings. The first-order chi connectivity index (χ1) is 15.9. The number of fused-ring (bicyclic) bond motifs is 1. The number of carbonyl (C=O) groups is 4. The molecule has 9 nitrogen and oxygen atoms in total. The molecule has 3 rings (SSSR count). The largest absolute Gasteiger partial charge is 0.493 e. The van der Waals surface area contributed by atoms with Gasteiger partial charge >= 0.3 is 17.9 Å². The van der Waals surface area contributed by atoms with Crippen molar-refractivity contribution in [3.63, 3.8) is 0 Å². The molecule has 0 unspecified atom stereocenters. The van der Waals surface area contributed by atoms with Gasteiger partial charge in [0.2, 0.25) is 0 Å². The molecule has 0 spiro atoms. The van der Waals surface area contributed by atoms with Gasteiger partial charge in [0.05, 0.1) is 12.5 Å². The van der Waals surface area contributed by atoms with Gasteiger partial charge in [-0.15, -0.1) is 0 Å². The van der Waals surface area contributed by atoms with Crippen LogP contribution in [0, 0.1) is 12.8 Å². The molecule has 0 aromatic heterocycles. The van der Waals surface area contributed by atoms with Crippen LogP contribution in [0.5, 0.6) is 11.5 Å². The highest BCUT2D eigenvalue weighted by Crippen LogP contribution is 2.39. The van der Waals surface area contributed by atoms with Gasteiger partial charge in [0.25, 0.3) is 0 Å². The molecule has 0 amide bonds. The molecular formula is C25H26O9. The van der Waals surface area contributed by atoms with Crippen LogP contribution in [-0.2, 0) is 23.9 Å². The zero-order chi connectivity index (χ0) is 25.2. The second-order valence-corrected chi connectivity index (χ2v) is 8.25. The molecule has 1 aromatic carbocycles. The van der Waals surface area contributed by atoms with Crippen molar-refractivity contribution in [2.24, 2.45) is 5.92 Å². The van der Waals surface area contributed by atoms with E-state index in [2.05, 4.69) is 0 Å². The Bertz CT molecular complexity index is 1140. The van der Waals surface area contributed by atoms with E-state index in [-0.39, 0.29) is 23.7 Å². The van der Waals surface area contributed by atoms with Gasteiger partial charge in [-0.25, -0.2) is 4.79 Å². The number of hydrogen-bond donors (Lipinski definition) is 1. The van der Waals surface area contributed by atoms with E-state index in [0.29, 0.717) is 16.9 Å². The normalized spacial score (nSPS) is 23.9. The number of ether oxygens (including phenoxy) is 4. The Balaban J connectivity index is 1.99. The van der Waals surface area contributed by atoms with Crippen molar-refractivity contribution in [2.45, 2.75) is 46.3 Å². The van der Waals surface area contributed by atoms with Crippen LogP contribution in [0.25, 0.3) is 0 Å². The van der Waals surface area contributed by atoms with Crippen LogP contribution in [0.3, 0.4) is 0 Å². The molecule has 1 N–H and O–H groups in total. The van der Waals surface area contributed by atoms with Crippen molar-refractivity contribution < 1.29 is 43.2 Å². The Morgan fingerprint density at radius 1 is 1.15 bits per heavy atom. The van der Waals surface area contributed by atoms with Crippen molar-refractivity contribution in [1.29, 1.82) is 0 Å². The molecule has 180 valence electrons. The summed E-state index contributed by atoms with van der Waals surface area (Å²) in [5.41, 5.74) is -1.25. The predicted octanol–water partition coefficient (Wildman–Crippen LogP) is 2.74. The highest BCUT2D eigenvalue weighted by molar-refractivity contribution is 6.01. The van der Waals surface area contributed by atoms with Crippen LogP contribution in [0.4, 0.5) is 0 Å². The van der Waals surface area contributed by atoms with Crippen LogP contribution in [0.2, 0.25) is 0 Å². The van der Waals surface area contributed by atoms with Gasteiger partial charge in [0, 0.05) is 19.9 Å². The van der Waals surface area contributed by atoms with Crippen LogP contribution < -0.4 is 9.47 Å². The van der Waals surface area contributed by atoms with Gasteiger partial charge in [0.15, 0.2) is 11.4 Å². The standard InChI is InChI=1S/C25H26O9/c1-6-7-17-9-16-10-21(28)25(5,30)23(19(16)12-31-17)34-24(29)22-13(2)8-18(32-14(3)26)11-20(22)33-15(4)27/h6-11,19,23,30H,12H2,1-5H3/b7-6+/t19-,23+,25-/m0/s1. The molecule has 3 atom stereocenters. The fourth-order valence-electron chi connectivity index (χ4n) is 3.91. The number of aryl methyl sites for hydroxylation is 1. The van der Waals surface area contributed by atoms with E-state index < -0.39 is 41.3 Å². The molecular weight excluding hydrogens is 444 g/mol. The van der Waals surface area contributed by atoms with E-state index in [1.165, 1.54) is 32.1 Å². The zero-order valence-electron chi connectivity index (χ0n) is 19.5. The summed E-state index contributed by atoms with van der Waals surface area (Å²) in [6.45, 7) is 7.07. The Morgan fingerprint density at radius 3 is 2.44 bits per heavy atom. The van der Waals surface area contributed by atoms with E-state index in [9.17, 15) is 24.3 Å². The smallest absolute Gasteiger partial charge is 0.342 e. The van der Waals surface area contributed by atoms with Gasteiger partial charge in [-0.3, -0.25) is 14.4 Å². The van der Waals surface area contributed by atoms with E-state index in [1.54, 1.807) is 25.2 Å². The van der Waals surface area contributed by atoms with Crippen LogP contribution in [0.1, 0.15) is 43.6 Å². The number of esters is 3. The average Bonchev–Trinajstić information content (AvgIpc) is 2.70. The van der Waals surface area contributed by atoms with Crippen LogP contribution in [0.15, 0.2) is 47.8 Å². The molecule has 1 aliphatic carbocycles. The maximum Gasteiger partial charge on any atom is 0.342 e. The monoisotopic (exact) mass is 470 g/mol.